The smallest absolute Gasteiger partial charge is 0.0158 e. The fraction of sp³-hybridized carbons (Fsp3) is 1.00. The fourth-order valence-electron chi connectivity index (χ4n) is 3.35. The molecule has 0 aromatic carbocycles. The predicted octanol–water partition coefficient (Wildman–Crippen LogP) is 3.30. The summed E-state index contributed by atoms with van der Waals surface area (Å²) in [7, 11) is 2.29. The van der Waals surface area contributed by atoms with E-state index in [1.807, 2.05) is 0 Å². The maximum atomic E-state index is 2.58. The molecule has 0 N–H and O–H groups in total. The van der Waals surface area contributed by atoms with Gasteiger partial charge in [0.1, 0.15) is 0 Å². The van der Waals surface area contributed by atoms with Crippen LogP contribution in [0.3, 0.4) is 0 Å². The summed E-state index contributed by atoms with van der Waals surface area (Å²) in [5, 5.41) is 0. The van der Waals surface area contributed by atoms with E-state index in [0.29, 0.717) is 11.1 Å². The first kappa shape index (κ1) is 10.5. The zero-order chi connectivity index (χ0) is 10.6. The summed E-state index contributed by atoms with van der Waals surface area (Å²) < 4.78 is 0. The second-order valence-corrected chi connectivity index (χ2v) is 6.69. The first-order valence-corrected chi connectivity index (χ1v) is 6.07. The lowest BCUT2D eigenvalue weighted by Gasteiger charge is -2.54. The van der Waals surface area contributed by atoms with Crippen LogP contribution in [0, 0.1) is 11.8 Å². The van der Waals surface area contributed by atoms with Gasteiger partial charge < -0.3 is 0 Å². The van der Waals surface area contributed by atoms with Crippen LogP contribution in [0.2, 0.25) is 0 Å². The van der Waals surface area contributed by atoms with Gasteiger partial charge in [-0.2, -0.15) is 0 Å². The van der Waals surface area contributed by atoms with Gasteiger partial charge >= 0.3 is 0 Å². The van der Waals surface area contributed by atoms with Crippen molar-refractivity contribution in [2.75, 3.05) is 7.05 Å². The minimum absolute atomic E-state index is 0.398. The Hall–Kier alpha value is -0.0400. The molecule has 0 unspecified atom stereocenters. The van der Waals surface area contributed by atoms with E-state index in [9.17, 15) is 0 Å². The summed E-state index contributed by atoms with van der Waals surface area (Å²) in [6.45, 7) is 9.62. The topological polar surface area (TPSA) is 3.24 Å². The Morgan fingerprint density at radius 3 is 1.64 bits per heavy atom. The minimum atomic E-state index is 0.398. The van der Waals surface area contributed by atoms with Crippen LogP contribution in [-0.2, 0) is 0 Å². The molecular formula is C13H25N. The molecule has 1 aliphatic heterocycles. The first-order chi connectivity index (χ1) is 6.33. The molecule has 1 heterocycles. The van der Waals surface area contributed by atoms with Crippen LogP contribution in [0.1, 0.15) is 53.4 Å². The van der Waals surface area contributed by atoms with Gasteiger partial charge in [-0.1, -0.05) is 0 Å². The highest BCUT2D eigenvalue weighted by molar-refractivity contribution is 5.01. The van der Waals surface area contributed by atoms with Crippen molar-refractivity contribution in [3.63, 3.8) is 0 Å². The lowest BCUT2D eigenvalue weighted by molar-refractivity contribution is -0.0349. The molecule has 14 heavy (non-hydrogen) atoms. The van der Waals surface area contributed by atoms with Gasteiger partial charge in [0.05, 0.1) is 0 Å². The summed E-state index contributed by atoms with van der Waals surface area (Å²) >= 11 is 0. The monoisotopic (exact) mass is 195 g/mol. The average molecular weight is 195 g/mol. The molecule has 0 amide bonds. The van der Waals surface area contributed by atoms with Crippen molar-refractivity contribution in [3.05, 3.63) is 0 Å². The second-order valence-electron chi connectivity index (χ2n) is 6.69. The van der Waals surface area contributed by atoms with E-state index in [1.165, 1.54) is 25.7 Å². The molecule has 0 radical (unpaired) electrons. The lowest BCUT2D eigenvalue weighted by atomic mass is 9.72. The van der Waals surface area contributed by atoms with Crippen LogP contribution in [0.4, 0.5) is 0 Å². The number of hydrogen-bond donors (Lipinski definition) is 0. The van der Waals surface area contributed by atoms with Crippen molar-refractivity contribution in [2.24, 2.45) is 11.8 Å². The molecule has 0 aromatic rings. The molecule has 0 spiro atoms. The van der Waals surface area contributed by atoms with Crippen molar-refractivity contribution in [2.45, 2.75) is 64.5 Å². The predicted molar refractivity (Wildman–Crippen MR) is 61.4 cm³/mol. The molecule has 0 bridgehead atoms. The Morgan fingerprint density at radius 2 is 1.29 bits per heavy atom. The fourth-order valence-corrected chi connectivity index (χ4v) is 3.35. The van der Waals surface area contributed by atoms with Gasteiger partial charge in [0, 0.05) is 11.1 Å². The second kappa shape index (κ2) is 2.98. The van der Waals surface area contributed by atoms with Gasteiger partial charge in [-0.25, -0.2) is 0 Å². The standard InChI is InChI=1S/C13H25N/c1-12(2)8-11(10-6-7-10)9-13(3,4)14(12)5/h10-11H,6-9H2,1-5H3. The molecule has 1 nitrogen and oxygen atoms in total. The minimum Gasteiger partial charge on any atom is -0.296 e. The molecule has 82 valence electrons. The first-order valence-electron chi connectivity index (χ1n) is 6.07. The van der Waals surface area contributed by atoms with E-state index < -0.39 is 0 Å². The quantitative estimate of drug-likeness (QED) is 0.620. The molecule has 2 fully saturated rings. The van der Waals surface area contributed by atoms with Gasteiger partial charge in [-0.15, -0.1) is 0 Å². The van der Waals surface area contributed by atoms with Gasteiger partial charge in [0.15, 0.2) is 0 Å². The highest BCUT2D eigenvalue weighted by atomic mass is 15.2. The normalized spacial score (nSPS) is 33.2. The number of piperidine rings is 1. The number of nitrogens with zero attached hydrogens (tertiary/aromatic N) is 1. The highest BCUT2D eigenvalue weighted by Crippen LogP contribution is 2.49. The summed E-state index contributed by atoms with van der Waals surface area (Å²) in [6, 6.07) is 0. The van der Waals surface area contributed by atoms with E-state index in [2.05, 4.69) is 39.6 Å². The van der Waals surface area contributed by atoms with Crippen molar-refractivity contribution in [1.82, 2.24) is 4.90 Å². The summed E-state index contributed by atoms with van der Waals surface area (Å²) in [5.74, 6) is 2.07. The van der Waals surface area contributed by atoms with Crippen LogP contribution in [0.25, 0.3) is 0 Å². The molecular weight excluding hydrogens is 170 g/mol. The Balaban J connectivity index is 2.15. The third-order valence-electron chi connectivity index (χ3n) is 4.63. The average Bonchev–Trinajstić information content (AvgIpc) is 2.80. The van der Waals surface area contributed by atoms with E-state index >= 15 is 0 Å². The Labute approximate surface area is 88.9 Å². The Kier molecular flexibility index (Phi) is 2.23. The van der Waals surface area contributed by atoms with Crippen molar-refractivity contribution >= 4 is 0 Å². The van der Waals surface area contributed by atoms with Crippen molar-refractivity contribution in [1.29, 1.82) is 0 Å². The van der Waals surface area contributed by atoms with Crippen LogP contribution >= 0.6 is 0 Å². The molecule has 2 rings (SSSR count). The summed E-state index contributed by atoms with van der Waals surface area (Å²) in [5.41, 5.74) is 0.796. The van der Waals surface area contributed by atoms with Crippen molar-refractivity contribution in [3.8, 4) is 0 Å². The van der Waals surface area contributed by atoms with E-state index in [0.717, 1.165) is 11.8 Å². The molecule has 0 atom stereocenters. The maximum absolute atomic E-state index is 2.58. The third kappa shape index (κ3) is 1.71. The highest BCUT2D eigenvalue weighted by Gasteiger charge is 2.47. The summed E-state index contributed by atoms with van der Waals surface area (Å²) in [4.78, 5) is 2.58. The van der Waals surface area contributed by atoms with Gasteiger partial charge in [-0.05, 0) is 72.3 Å². The lowest BCUT2D eigenvalue weighted by Crippen LogP contribution is -2.58. The van der Waals surface area contributed by atoms with E-state index in [4.69, 9.17) is 0 Å². The Morgan fingerprint density at radius 1 is 0.857 bits per heavy atom. The SMILES string of the molecule is CN1C(C)(C)CC(C2CC2)CC1(C)C. The molecule has 1 heteroatoms. The number of rotatable bonds is 1. The zero-order valence-corrected chi connectivity index (χ0v) is 10.4. The molecule has 1 saturated carbocycles. The molecule has 1 aliphatic carbocycles. The van der Waals surface area contributed by atoms with Crippen LogP contribution in [0.15, 0.2) is 0 Å². The van der Waals surface area contributed by atoms with E-state index in [-0.39, 0.29) is 0 Å². The number of hydrogen-bond acceptors (Lipinski definition) is 1. The van der Waals surface area contributed by atoms with Crippen LogP contribution in [0.5, 0.6) is 0 Å². The molecule has 0 aromatic heterocycles. The maximum Gasteiger partial charge on any atom is 0.0158 e. The largest absolute Gasteiger partial charge is 0.296 e. The number of likely N-dealkylation sites (tertiary alicyclic amines) is 1. The zero-order valence-electron chi connectivity index (χ0n) is 10.4. The van der Waals surface area contributed by atoms with Crippen molar-refractivity contribution < 1.29 is 0 Å². The van der Waals surface area contributed by atoms with E-state index in [1.54, 1.807) is 0 Å². The summed E-state index contributed by atoms with van der Waals surface area (Å²) in [6.07, 6.45) is 5.80. The van der Waals surface area contributed by atoms with Gasteiger partial charge in [-0.3, -0.25) is 4.90 Å². The van der Waals surface area contributed by atoms with Gasteiger partial charge in [0.2, 0.25) is 0 Å². The molecule has 1 saturated heterocycles. The van der Waals surface area contributed by atoms with Crippen LogP contribution in [-0.4, -0.2) is 23.0 Å². The van der Waals surface area contributed by atoms with Crippen LogP contribution < -0.4 is 0 Å². The Bertz CT molecular complexity index is 207. The molecule has 2 aliphatic rings. The third-order valence-corrected chi connectivity index (χ3v) is 4.63. The van der Waals surface area contributed by atoms with Gasteiger partial charge in [0.25, 0.3) is 0 Å².